The summed E-state index contributed by atoms with van der Waals surface area (Å²) in [6, 6.07) is 0. The SMILES string of the molecule is NCCN.[Li+]. The van der Waals surface area contributed by atoms with E-state index in [2.05, 4.69) is 0 Å². The van der Waals surface area contributed by atoms with Gasteiger partial charge in [0.2, 0.25) is 0 Å². The maximum atomic E-state index is 4.90. The molecule has 0 rings (SSSR count). The van der Waals surface area contributed by atoms with Crippen molar-refractivity contribution in [3.63, 3.8) is 0 Å². The van der Waals surface area contributed by atoms with E-state index in [0.29, 0.717) is 13.1 Å². The molecule has 4 N–H and O–H groups in total. The van der Waals surface area contributed by atoms with Crippen molar-refractivity contribution in [2.45, 2.75) is 0 Å². The van der Waals surface area contributed by atoms with E-state index in [-0.39, 0.29) is 18.9 Å². The summed E-state index contributed by atoms with van der Waals surface area (Å²) in [5, 5.41) is 0. The Morgan fingerprint density at radius 2 is 1.20 bits per heavy atom. The summed E-state index contributed by atoms with van der Waals surface area (Å²) in [6.07, 6.45) is 0. The maximum absolute atomic E-state index is 4.90. The zero-order chi connectivity index (χ0) is 3.41. The van der Waals surface area contributed by atoms with Crippen LogP contribution >= 0.6 is 0 Å². The first-order chi connectivity index (χ1) is 1.91. The van der Waals surface area contributed by atoms with Crippen molar-refractivity contribution in [1.29, 1.82) is 0 Å². The van der Waals surface area contributed by atoms with E-state index in [1.807, 2.05) is 0 Å². The molecule has 0 amide bonds. The van der Waals surface area contributed by atoms with E-state index in [9.17, 15) is 0 Å². The fraction of sp³-hybridized carbons (Fsp3) is 1.00. The Labute approximate surface area is 44.1 Å². The number of hydrogen-bond donors (Lipinski definition) is 2. The Balaban J connectivity index is 0. The van der Waals surface area contributed by atoms with Gasteiger partial charge in [-0.2, -0.15) is 0 Å². The molecule has 0 fully saturated rings. The quantitative estimate of drug-likeness (QED) is 0.306. The zero-order valence-electron chi connectivity index (χ0n) is 3.57. The Morgan fingerprint density at radius 3 is 1.20 bits per heavy atom. The van der Waals surface area contributed by atoms with Crippen molar-refractivity contribution in [3.8, 4) is 0 Å². The summed E-state index contributed by atoms with van der Waals surface area (Å²) in [5.74, 6) is 0. The van der Waals surface area contributed by atoms with E-state index >= 15 is 0 Å². The molecule has 0 saturated carbocycles. The third-order valence-corrected chi connectivity index (χ3v) is 0.167. The fourth-order valence-electron chi connectivity index (χ4n) is 0. The van der Waals surface area contributed by atoms with Crippen LogP contribution in [0.4, 0.5) is 0 Å². The van der Waals surface area contributed by atoms with Gasteiger partial charge in [-0.05, 0) is 0 Å². The molecule has 0 radical (unpaired) electrons. The first-order valence-electron chi connectivity index (χ1n) is 1.32. The largest absolute Gasteiger partial charge is 1.00 e. The molecule has 0 aliphatic rings. The smallest absolute Gasteiger partial charge is 0.329 e. The van der Waals surface area contributed by atoms with Crippen LogP contribution in [0.1, 0.15) is 0 Å². The molecule has 5 heavy (non-hydrogen) atoms. The third kappa shape index (κ3) is 12.4. The van der Waals surface area contributed by atoms with Gasteiger partial charge in [0.25, 0.3) is 0 Å². The third-order valence-electron chi connectivity index (χ3n) is 0.167. The van der Waals surface area contributed by atoms with Crippen LogP contribution in [0, 0.1) is 0 Å². The van der Waals surface area contributed by atoms with Gasteiger partial charge < -0.3 is 11.5 Å². The summed E-state index contributed by atoms with van der Waals surface area (Å²) in [7, 11) is 0. The molecule has 0 heterocycles. The first-order valence-corrected chi connectivity index (χ1v) is 1.32. The summed E-state index contributed by atoms with van der Waals surface area (Å²) >= 11 is 0. The van der Waals surface area contributed by atoms with Gasteiger partial charge in [0.15, 0.2) is 0 Å². The molecule has 0 aliphatic carbocycles. The van der Waals surface area contributed by atoms with Gasteiger partial charge in [-0.3, -0.25) is 0 Å². The average molecular weight is 67.0 g/mol. The van der Waals surface area contributed by atoms with Crippen LogP contribution < -0.4 is 30.3 Å². The molecular weight excluding hydrogens is 59.0 g/mol. The first kappa shape index (κ1) is 9.10. The van der Waals surface area contributed by atoms with Crippen LogP contribution in [-0.4, -0.2) is 13.1 Å². The zero-order valence-corrected chi connectivity index (χ0v) is 3.57. The Kier molecular flexibility index (Phi) is 16.1. The van der Waals surface area contributed by atoms with Gasteiger partial charge in [0.05, 0.1) is 0 Å². The van der Waals surface area contributed by atoms with Crippen LogP contribution in [0.15, 0.2) is 0 Å². The van der Waals surface area contributed by atoms with Gasteiger partial charge in [-0.25, -0.2) is 0 Å². The van der Waals surface area contributed by atoms with Gasteiger partial charge in [0, 0.05) is 13.1 Å². The molecule has 0 aliphatic heterocycles. The second kappa shape index (κ2) is 8.82. The van der Waals surface area contributed by atoms with E-state index < -0.39 is 0 Å². The minimum atomic E-state index is 0. The Morgan fingerprint density at radius 1 is 1.00 bits per heavy atom. The van der Waals surface area contributed by atoms with Crippen LogP contribution in [0.3, 0.4) is 0 Å². The van der Waals surface area contributed by atoms with Crippen molar-refractivity contribution in [1.82, 2.24) is 0 Å². The van der Waals surface area contributed by atoms with E-state index in [4.69, 9.17) is 11.5 Å². The monoisotopic (exact) mass is 67.1 g/mol. The van der Waals surface area contributed by atoms with Crippen molar-refractivity contribution in [2.24, 2.45) is 11.5 Å². The molecule has 0 aromatic heterocycles. The molecule has 0 saturated heterocycles. The topological polar surface area (TPSA) is 52.0 Å². The molecule has 0 aromatic carbocycles. The molecule has 2 nitrogen and oxygen atoms in total. The maximum Gasteiger partial charge on any atom is 1.00 e. The number of hydrogen-bond acceptors (Lipinski definition) is 2. The minimum Gasteiger partial charge on any atom is -0.329 e. The second-order valence-corrected chi connectivity index (χ2v) is 0.577. The van der Waals surface area contributed by atoms with Crippen LogP contribution in [-0.2, 0) is 0 Å². The Hall–Kier alpha value is 0.517. The molecule has 0 aromatic rings. The van der Waals surface area contributed by atoms with Crippen molar-refractivity contribution in [3.05, 3.63) is 0 Å². The second-order valence-electron chi connectivity index (χ2n) is 0.577. The molecule has 3 heteroatoms. The predicted molar refractivity (Wildman–Crippen MR) is 18.1 cm³/mol. The average Bonchev–Trinajstić information content (AvgIpc) is 1.37. The standard InChI is InChI=1S/C2H8N2.Li/c3-1-2-4;/h1-4H2;/q;+1. The van der Waals surface area contributed by atoms with Gasteiger partial charge in [0.1, 0.15) is 0 Å². The Bertz CT molecular complexity index is 9.61. The summed E-state index contributed by atoms with van der Waals surface area (Å²) in [6.45, 7) is 1.19. The van der Waals surface area contributed by atoms with Crippen LogP contribution in [0.2, 0.25) is 0 Å². The molecule has 26 valence electrons. The molecule has 0 unspecified atom stereocenters. The van der Waals surface area contributed by atoms with Gasteiger partial charge in [-0.1, -0.05) is 0 Å². The van der Waals surface area contributed by atoms with E-state index in [0.717, 1.165) is 0 Å². The van der Waals surface area contributed by atoms with Crippen LogP contribution in [0.5, 0.6) is 0 Å². The fourth-order valence-corrected chi connectivity index (χ4v) is 0. The number of rotatable bonds is 1. The van der Waals surface area contributed by atoms with Gasteiger partial charge in [-0.15, -0.1) is 0 Å². The van der Waals surface area contributed by atoms with Crippen molar-refractivity contribution >= 4 is 0 Å². The molecule has 0 spiro atoms. The minimum absolute atomic E-state index is 0. The molecule has 0 bridgehead atoms. The van der Waals surface area contributed by atoms with Crippen LogP contribution in [0.25, 0.3) is 0 Å². The normalized spacial score (nSPS) is 6.00. The van der Waals surface area contributed by atoms with E-state index in [1.165, 1.54) is 0 Å². The van der Waals surface area contributed by atoms with E-state index in [1.54, 1.807) is 0 Å². The number of nitrogens with two attached hydrogens (primary N) is 2. The summed E-state index contributed by atoms with van der Waals surface area (Å²) in [4.78, 5) is 0. The molecule has 0 atom stereocenters. The summed E-state index contributed by atoms with van der Waals surface area (Å²) in [5.41, 5.74) is 9.81. The molecular formula is C2H8LiN2+. The van der Waals surface area contributed by atoms with Crippen molar-refractivity contribution in [2.75, 3.05) is 13.1 Å². The predicted octanol–water partition coefficient (Wildman–Crippen LogP) is -4.09. The van der Waals surface area contributed by atoms with Crippen molar-refractivity contribution < 1.29 is 18.9 Å². The summed E-state index contributed by atoms with van der Waals surface area (Å²) < 4.78 is 0. The van der Waals surface area contributed by atoms with Gasteiger partial charge >= 0.3 is 18.9 Å².